The monoisotopic (exact) mass is 270 g/mol. The van der Waals surface area contributed by atoms with E-state index in [0.717, 1.165) is 13.1 Å². The number of hydrogen-bond donors (Lipinski definition) is 2. The largest absolute Gasteiger partial charge is 0.330 e. The van der Waals surface area contributed by atoms with Crippen molar-refractivity contribution in [3.8, 4) is 0 Å². The summed E-state index contributed by atoms with van der Waals surface area (Å²) in [5.74, 6) is 0. The molecule has 0 atom stereocenters. The Hall–Kier alpha value is -0.0800. The van der Waals surface area contributed by atoms with Crippen molar-refractivity contribution >= 4 is 0 Å². The first-order chi connectivity index (χ1) is 9.41. The zero-order valence-electron chi connectivity index (χ0n) is 13.2. The van der Waals surface area contributed by atoms with Gasteiger partial charge < -0.3 is 11.5 Å². The Morgan fingerprint density at radius 1 is 0.263 bits per heavy atom. The van der Waals surface area contributed by atoms with Gasteiger partial charge in [0.1, 0.15) is 0 Å². The van der Waals surface area contributed by atoms with Crippen molar-refractivity contribution in [3.63, 3.8) is 0 Å². The Labute approximate surface area is 121 Å². The molecule has 0 aromatic rings. The van der Waals surface area contributed by atoms with Crippen LogP contribution in [0.3, 0.4) is 0 Å². The van der Waals surface area contributed by atoms with Gasteiger partial charge in [-0.2, -0.15) is 0 Å². The molecular formula is C17H38N2. The van der Waals surface area contributed by atoms with Crippen molar-refractivity contribution < 1.29 is 0 Å². The van der Waals surface area contributed by atoms with Gasteiger partial charge in [0.25, 0.3) is 0 Å². The molecule has 0 spiro atoms. The second-order valence-corrected chi connectivity index (χ2v) is 5.88. The topological polar surface area (TPSA) is 52.0 Å². The molecule has 0 heterocycles. The van der Waals surface area contributed by atoms with Crippen LogP contribution >= 0.6 is 0 Å². The Morgan fingerprint density at radius 3 is 0.579 bits per heavy atom. The van der Waals surface area contributed by atoms with E-state index >= 15 is 0 Å². The van der Waals surface area contributed by atoms with E-state index in [1.807, 2.05) is 0 Å². The van der Waals surface area contributed by atoms with Crippen LogP contribution in [-0.4, -0.2) is 13.1 Å². The van der Waals surface area contributed by atoms with Crippen LogP contribution in [0.4, 0.5) is 0 Å². The molecule has 0 aromatic carbocycles. The van der Waals surface area contributed by atoms with Gasteiger partial charge in [0.15, 0.2) is 0 Å². The smallest absolute Gasteiger partial charge is 0.00773 e. The van der Waals surface area contributed by atoms with Gasteiger partial charge in [-0.15, -0.1) is 0 Å². The highest BCUT2D eigenvalue weighted by Crippen LogP contribution is 2.13. The fraction of sp³-hybridized carbons (Fsp3) is 1.00. The number of hydrogen-bond acceptors (Lipinski definition) is 2. The zero-order valence-corrected chi connectivity index (χ0v) is 13.2. The maximum Gasteiger partial charge on any atom is -0.00773 e. The minimum Gasteiger partial charge on any atom is -0.330 e. The summed E-state index contributed by atoms with van der Waals surface area (Å²) in [6, 6.07) is 0. The molecule has 0 radical (unpaired) electrons. The highest BCUT2D eigenvalue weighted by molar-refractivity contribution is 4.50. The lowest BCUT2D eigenvalue weighted by molar-refractivity contribution is 0.531. The van der Waals surface area contributed by atoms with Gasteiger partial charge in [-0.1, -0.05) is 83.5 Å². The molecule has 0 fully saturated rings. The van der Waals surface area contributed by atoms with Crippen molar-refractivity contribution in [2.24, 2.45) is 11.5 Å². The van der Waals surface area contributed by atoms with Crippen molar-refractivity contribution in [3.05, 3.63) is 0 Å². The van der Waals surface area contributed by atoms with Gasteiger partial charge >= 0.3 is 0 Å². The summed E-state index contributed by atoms with van der Waals surface area (Å²) in [6.07, 6.45) is 20.8. The van der Waals surface area contributed by atoms with Crippen molar-refractivity contribution in [2.45, 2.75) is 96.3 Å². The molecule has 0 aliphatic heterocycles. The zero-order chi connectivity index (χ0) is 14.0. The highest BCUT2D eigenvalue weighted by atomic mass is 14.5. The van der Waals surface area contributed by atoms with E-state index in [1.165, 1.54) is 96.3 Å². The van der Waals surface area contributed by atoms with E-state index in [4.69, 9.17) is 11.5 Å². The Bertz CT molecular complexity index is 132. The Balaban J connectivity index is 2.88. The van der Waals surface area contributed by atoms with E-state index in [1.54, 1.807) is 0 Å². The predicted molar refractivity (Wildman–Crippen MR) is 87.4 cm³/mol. The Kier molecular flexibility index (Phi) is 17.8. The summed E-state index contributed by atoms with van der Waals surface area (Å²) >= 11 is 0. The quantitative estimate of drug-likeness (QED) is 0.397. The molecule has 0 aliphatic rings. The molecule has 0 unspecified atom stereocenters. The first-order valence-electron chi connectivity index (χ1n) is 8.82. The van der Waals surface area contributed by atoms with Crippen LogP contribution in [0.1, 0.15) is 96.3 Å². The van der Waals surface area contributed by atoms with Crippen LogP contribution in [-0.2, 0) is 0 Å². The lowest BCUT2D eigenvalue weighted by Crippen LogP contribution is -1.97. The van der Waals surface area contributed by atoms with E-state index in [9.17, 15) is 0 Å². The molecule has 0 saturated heterocycles. The standard InChI is InChI=1S/C17H38N2/c18-16-14-12-10-8-6-4-2-1-3-5-7-9-11-13-15-17-19/h1-19H2. The molecule has 2 heteroatoms. The Morgan fingerprint density at radius 2 is 0.421 bits per heavy atom. The van der Waals surface area contributed by atoms with E-state index in [-0.39, 0.29) is 0 Å². The molecule has 0 amide bonds. The summed E-state index contributed by atoms with van der Waals surface area (Å²) in [5.41, 5.74) is 11.0. The first kappa shape index (κ1) is 18.9. The lowest BCUT2D eigenvalue weighted by Gasteiger charge is -2.03. The second kappa shape index (κ2) is 17.9. The lowest BCUT2D eigenvalue weighted by atomic mass is 10.0. The molecule has 0 aromatic heterocycles. The molecule has 2 nitrogen and oxygen atoms in total. The molecule has 0 saturated carbocycles. The van der Waals surface area contributed by atoms with E-state index in [2.05, 4.69) is 0 Å². The van der Waals surface area contributed by atoms with Gasteiger partial charge in [0.05, 0.1) is 0 Å². The fourth-order valence-corrected chi connectivity index (χ4v) is 2.59. The maximum absolute atomic E-state index is 5.48. The molecule has 0 aliphatic carbocycles. The van der Waals surface area contributed by atoms with Gasteiger partial charge in [0.2, 0.25) is 0 Å². The number of nitrogens with two attached hydrogens (primary N) is 2. The summed E-state index contributed by atoms with van der Waals surface area (Å²) in [6.45, 7) is 1.73. The third-order valence-electron chi connectivity index (χ3n) is 3.91. The first-order valence-corrected chi connectivity index (χ1v) is 8.82. The minimum atomic E-state index is 0.867. The molecule has 0 rings (SSSR count). The third kappa shape index (κ3) is 17.9. The second-order valence-electron chi connectivity index (χ2n) is 5.88. The summed E-state index contributed by atoms with van der Waals surface area (Å²) < 4.78 is 0. The summed E-state index contributed by atoms with van der Waals surface area (Å²) in [7, 11) is 0. The normalized spacial score (nSPS) is 11.1. The van der Waals surface area contributed by atoms with Gasteiger partial charge in [0, 0.05) is 0 Å². The van der Waals surface area contributed by atoms with Crippen molar-refractivity contribution in [1.82, 2.24) is 0 Å². The molecular weight excluding hydrogens is 232 g/mol. The van der Waals surface area contributed by atoms with Gasteiger partial charge in [-0.3, -0.25) is 0 Å². The molecule has 116 valence electrons. The highest BCUT2D eigenvalue weighted by Gasteiger charge is 1.94. The van der Waals surface area contributed by atoms with E-state index < -0.39 is 0 Å². The summed E-state index contributed by atoms with van der Waals surface area (Å²) in [5, 5.41) is 0. The third-order valence-corrected chi connectivity index (χ3v) is 3.91. The average molecular weight is 271 g/mol. The van der Waals surface area contributed by atoms with E-state index in [0.29, 0.717) is 0 Å². The maximum atomic E-state index is 5.48. The summed E-state index contributed by atoms with van der Waals surface area (Å²) in [4.78, 5) is 0. The SMILES string of the molecule is NCCCCCCCCCCCCCCCCCN. The van der Waals surface area contributed by atoms with Crippen LogP contribution in [0.15, 0.2) is 0 Å². The van der Waals surface area contributed by atoms with Crippen molar-refractivity contribution in [1.29, 1.82) is 0 Å². The molecule has 4 N–H and O–H groups in total. The van der Waals surface area contributed by atoms with Crippen LogP contribution < -0.4 is 11.5 Å². The predicted octanol–water partition coefficient (Wildman–Crippen LogP) is 4.76. The molecule has 19 heavy (non-hydrogen) atoms. The van der Waals surface area contributed by atoms with Gasteiger partial charge in [-0.05, 0) is 25.9 Å². The van der Waals surface area contributed by atoms with Crippen LogP contribution in [0.2, 0.25) is 0 Å². The number of unbranched alkanes of at least 4 members (excludes halogenated alkanes) is 14. The van der Waals surface area contributed by atoms with Gasteiger partial charge in [-0.25, -0.2) is 0 Å². The van der Waals surface area contributed by atoms with Crippen LogP contribution in [0, 0.1) is 0 Å². The van der Waals surface area contributed by atoms with Crippen molar-refractivity contribution in [2.75, 3.05) is 13.1 Å². The van der Waals surface area contributed by atoms with Crippen LogP contribution in [0.5, 0.6) is 0 Å². The minimum absolute atomic E-state index is 0.867. The number of rotatable bonds is 16. The average Bonchev–Trinajstić information content (AvgIpc) is 2.43. The fourth-order valence-electron chi connectivity index (χ4n) is 2.59. The van der Waals surface area contributed by atoms with Crippen LogP contribution in [0.25, 0.3) is 0 Å². The molecule has 0 bridgehead atoms.